The van der Waals surface area contributed by atoms with E-state index in [-0.39, 0.29) is 16.9 Å². The molecule has 2 aliphatic rings. The molecule has 0 N–H and O–H groups in total. The fraction of sp³-hybridized carbons (Fsp3) is 0.882. The first-order valence-electron chi connectivity index (χ1n) is 8.17. The Balaban J connectivity index is 2.17. The minimum atomic E-state index is -2.21. The summed E-state index contributed by atoms with van der Waals surface area (Å²) in [6.45, 7) is 8.85. The van der Waals surface area contributed by atoms with Gasteiger partial charge in [-0.15, -0.1) is 0 Å². The van der Waals surface area contributed by atoms with Crippen LogP contribution in [0.4, 0.5) is 0 Å². The summed E-state index contributed by atoms with van der Waals surface area (Å²) >= 11 is 1.76. The average Bonchev–Trinajstić information content (AvgIpc) is 2.66. The van der Waals surface area contributed by atoms with Gasteiger partial charge in [0.25, 0.3) is 0 Å². The predicted octanol–water partition coefficient (Wildman–Crippen LogP) is 4.58. The van der Waals surface area contributed by atoms with Crippen molar-refractivity contribution in [2.75, 3.05) is 27.1 Å². The quantitative estimate of drug-likeness (QED) is 0.302. The van der Waals surface area contributed by atoms with Gasteiger partial charge in [-0.2, -0.15) is 0 Å². The molecule has 0 aromatic carbocycles. The Morgan fingerprint density at radius 3 is 2.32 bits per heavy atom. The van der Waals surface area contributed by atoms with Crippen molar-refractivity contribution in [3.63, 3.8) is 0 Å². The van der Waals surface area contributed by atoms with E-state index in [0.717, 1.165) is 6.42 Å². The van der Waals surface area contributed by atoms with Crippen LogP contribution in [0.25, 0.3) is 0 Å². The molecule has 0 aromatic rings. The van der Waals surface area contributed by atoms with E-state index in [1.807, 2.05) is 0 Å². The van der Waals surface area contributed by atoms with Gasteiger partial charge in [0.2, 0.25) is 0 Å². The number of ether oxygens (including phenoxy) is 3. The second-order valence-corrected chi connectivity index (χ2v) is 23.5. The van der Waals surface area contributed by atoms with Crippen LogP contribution in [0.3, 0.4) is 0 Å². The van der Waals surface area contributed by atoms with Gasteiger partial charge in [0.05, 0.1) is 0 Å². The Labute approximate surface area is 148 Å². The Hall–Kier alpha value is 0.899. The molecular weight excluding hydrogens is 451 g/mol. The van der Waals surface area contributed by atoms with Gasteiger partial charge in [0, 0.05) is 0 Å². The molecule has 0 unspecified atom stereocenters. The molecular formula is C17H31BrO3Sn. The zero-order chi connectivity index (χ0) is 16.8. The van der Waals surface area contributed by atoms with Crippen LogP contribution in [-0.4, -0.2) is 51.6 Å². The molecule has 2 rings (SSSR count). The van der Waals surface area contributed by atoms with Crippen LogP contribution in [0.15, 0.2) is 8.07 Å². The van der Waals surface area contributed by atoms with Crippen molar-refractivity contribution in [1.82, 2.24) is 0 Å². The second-order valence-electron chi connectivity index (χ2n) is 8.36. The molecule has 0 spiro atoms. The van der Waals surface area contributed by atoms with E-state index in [1.165, 1.54) is 4.48 Å². The molecule has 128 valence electrons. The molecule has 2 bridgehead atoms. The Bertz CT molecular complexity index is 455. The summed E-state index contributed by atoms with van der Waals surface area (Å²) in [7, 11) is 1.69. The van der Waals surface area contributed by atoms with Gasteiger partial charge in [0.15, 0.2) is 0 Å². The first-order valence-corrected chi connectivity index (χ1v) is 19.0. The number of methoxy groups -OCH3 is 1. The summed E-state index contributed by atoms with van der Waals surface area (Å²) in [5.41, 5.74) is 0.387. The van der Waals surface area contributed by atoms with Crippen LogP contribution in [-0.2, 0) is 14.2 Å². The van der Waals surface area contributed by atoms with Crippen molar-refractivity contribution in [2.45, 2.75) is 48.1 Å². The third-order valence-corrected chi connectivity index (χ3v) is 14.4. The van der Waals surface area contributed by atoms with Gasteiger partial charge in [-0.05, 0) is 0 Å². The molecule has 3 nitrogen and oxygen atoms in total. The summed E-state index contributed by atoms with van der Waals surface area (Å²) < 4.78 is 20.0. The van der Waals surface area contributed by atoms with E-state index in [4.69, 9.17) is 14.2 Å². The summed E-state index contributed by atoms with van der Waals surface area (Å²) in [6, 6.07) is 0. The zero-order valence-electron chi connectivity index (χ0n) is 15.1. The fourth-order valence-corrected chi connectivity index (χ4v) is 18.1. The molecule has 5 heteroatoms. The second kappa shape index (κ2) is 6.66. The van der Waals surface area contributed by atoms with Crippen LogP contribution < -0.4 is 0 Å². The minimum absolute atomic E-state index is 0.134. The zero-order valence-corrected chi connectivity index (χ0v) is 19.5. The Morgan fingerprint density at radius 2 is 1.82 bits per heavy atom. The molecule has 3 atom stereocenters. The number of halogens is 1. The first-order chi connectivity index (χ1) is 10.1. The van der Waals surface area contributed by atoms with Crippen molar-refractivity contribution >= 4 is 34.3 Å². The maximum atomic E-state index is 6.20. The summed E-state index contributed by atoms with van der Waals surface area (Å²) in [6.07, 6.45) is 1.37. The Kier molecular flexibility index (Phi) is 5.82. The maximum absolute atomic E-state index is 6.20. The molecule has 0 amide bonds. The molecule has 0 radical (unpaired) electrons. The SMILES string of the molecule is COCCOCO[C@@H]1C[C@@H]2C(Br)=[C]([Sn]([CH3])([CH3])[CH3])[C@@]1(C)C2(C)C. The van der Waals surface area contributed by atoms with Gasteiger partial charge < -0.3 is 0 Å². The summed E-state index contributed by atoms with van der Waals surface area (Å²) in [5.74, 6) is 0.590. The van der Waals surface area contributed by atoms with Crippen LogP contribution in [0, 0.1) is 16.7 Å². The molecule has 1 saturated carbocycles. The monoisotopic (exact) mass is 482 g/mol. The molecule has 0 aliphatic heterocycles. The molecule has 0 heterocycles. The molecule has 1 fully saturated rings. The number of allylic oxidation sites excluding steroid dienone is 1. The summed E-state index contributed by atoms with van der Waals surface area (Å²) in [5, 5.41) is 0. The molecule has 2 aliphatic carbocycles. The van der Waals surface area contributed by atoms with Crippen LogP contribution in [0.2, 0.25) is 14.8 Å². The van der Waals surface area contributed by atoms with Crippen molar-refractivity contribution < 1.29 is 14.2 Å². The van der Waals surface area contributed by atoms with Gasteiger partial charge in [-0.3, -0.25) is 0 Å². The van der Waals surface area contributed by atoms with E-state index in [1.54, 1.807) is 10.7 Å². The van der Waals surface area contributed by atoms with Crippen molar-refractivity contribution in [2.24, 2.45) is 16.7 Å². The van der Waals surface area contributed by atoms with E-state index >= 15 is 0 Å². The normalized spacial score (nSPS) is 33.8. The number of hydrogen-bond donors (Lipinski definition) is 0. The van der Waals surface area contributed by atoms with Crippen molar-refractivity contribution in [3.8, 4) is 0 Å². The molecule has 22 heavy (non-hydrogen) atoms. The van der Waals surface area contributed by atoms with E-state index < -0.39 is 18.4 Å². The van der Waals surface area contributed by atoms with Crippen LogP contribution in [0.1, 0.15) is 27.2 Å². The van der Waals surface area contributed by atoms with E-state index in [2.05, 4.69) is 51.5 Å². The van der Waals surface area contributed by atoms with Gasteiger partial charge in [0.1, 0.15) is 0 Å². The molecule has 0 aromatic heterocycles. The third-order valence-electron chi connectivity index (χ3n) is 5.90. The standard InChI is InChI=1S/C14H22BrO3.3CH3.Sn/c1-13(2)10-7-12(14(13,3)8-11(10)15)18-9-17-6-5-16-4;;;;/h10,12H,5-7,9H2,1-4H3;3*1H3;/t10-,12-,14-;;;;/m1..../s1. The van der Waals surface area contributed by atoms with E-state index in [0.29, 0.717) is 25.9 Å². The van der Waals surface area contributed by atoms with Gasteiger partial charge >= 0.3 is 149 Å². The number of hydrogen-bond acceptors (Lipinski definition) is 3. The average molecular weight is 482 g/mol. The van der Waals surface area contributed by atoms with Gasteiger partial charge in [-0.1, -0.05) is 0 Å². The fourth-order valence-electron chi connectivity index (χ4n) is 4.55. The number of fused-ring (bicyclic) bond motifs is 2. The van der Waals surface area contributed by atoms with Gasteiger partial charge in [-0.25, -0.2) is 0 Å². The van der Waals surface area contributed by atoms with Crippen LogP contribution in [0.5, 0.6) is 0 Å². The van der Waals surface area contributed by atoms with Crippen molar-refractivity contribution in [1.29, 1.82) is 0 Å². The topological polar surface area (TPSA) is 27.7 Å². The number of rotatable bonds is 7. The molecule has 0 saturated heterocycles. The predicted molar refractivity (Wildman–Crippen MR) is 96.9 cm³/mol. The van der Waals surface area contributed by atoms with Crippen molar-refractivity contribution in [3.05, 3.63) is 8.07 Å². The third kappa shape index (κ3) is 2.96. The first kappa shape index (κ1) is 19.2. The van der Waals surface area contributed by atoms with E-state index in [9.17, 15) is 0 Å². The summed E-state index contributed by atoms with van der Waals surface area (Å²) in [4.78, 5) is 7.54. The Morgan fingerprint density at radius 1 is 1.18 bits per heavy atom. The van der Waals surface area contributed by atoms with Crippen LogP contribution >= 0.6 is 15.9 Å².